The predicted molar refractivity (Wildman–Crippen MR) is 85.6 cm³/mol. The highest BCUT2D eigenvalue weighted by Gasteiger charge is 2.35. The average Bonchev–Trinajstić information content (AvgIpc) is 3.20. The summed E-state index contributed by atoms with van der Waals surface area (Å²) in [5, 5.41) is 7.99. The lowest BCUT2D eigenvalue weighted by molar-refractivity contribution is 0.340. The molecule has 5 nitrogen and oxygen atoms in total. The van der Waals surface area contributed by atoms with Gasteiger partial charge in [0.25, 0.3) is 5.56 Å². The summed E-state index contributed by atoms with van der Waals surface area (Å²) in [5.74, 6) is 1.37. The van der Waals surface area contributed by atoms with Crippen molar-refractivity contribution in [2.75, 3.05) is 24.5 Å². The van der Waals surface area contributed by atoms with Crippen molar-refractivity contribution in [3.05, 3.63) is 21.0 Å². The van der Waals surface area contributed by atoms with Crippen LogP contribution in [0.2, 0.25) is 0 Å². The molecule has 4 rings (SSSR count). The number of nitrogens with zero attached hydrogens (tertiary/aromatic N) is 3. The average molecular weight is 353 g/mol. The van der Waals surface area contributed by atoms with Gasteiger partial charge in [0.05, 0.1) is 11.9 Å². The molecule has 1 aromatic rings. The highest BCUT2D eigenvalue weighted by atomic mass is 79.9. The fourth-order valence-corrected chi connectivity index (χ4v) is 4.15. The van der Waals surface area contributed by atoms with E-state index in [2.05, 4.69) is 31.2 Å². The van der Waals surface area contributed by atoms with Crippen molar-refractivity contribution in [3.8, 4) is 0 Å². The molecule has 114 valence electrons. The normalized spacial score (nSPS) is 28.7. The molecule has 3 fully saturated rings. The summed E-state index contributed by atoms with van der Waals surface area (Å²) < 4.78 is 2.30. The maximum atomic E-state index is 12.4. The fourth-order valence-electron chi connectivity index (χ4n) is 3.60. The minimum absolute atomic E-state index is 0.0160. The molecule has 3 aliphatic rings. The Morgan fingerprint density at radius 3 is 2.95 bits per heavy atom. The molecule has 0 radical (unpaired) electrons. The highest BCUT2D eigenvalue weighted by molar-refractivity contribution is 9.10. The first-order valence-electron chi connectivity index (χ1n) is 7.96. The monoisotopic (exact) mass is 352 g/mol. The predicted octanol–water partition coefficient (Wildman–Crippen LogP) is 1.60. The van der Waals surface area contributed by atoms with Crippen molar-refractivity contribution >= 4 is 21.6 Å². The van der Waals surface area contributed by atoms with Gasteiger partial charge in [-0.25, -0.2) is 4.68 Å². The van der Waals surface area contributed by atoms with Crippen molar-refractivity contribution in [3.63, 3.8) is 0 Å². The molecule has 0 aromatic carbocycles. The van der Waals surface area contributed by atoms with Crippen LogP contribution in [0.3, 0.4) is 0 Å². The van der Waals surface area contributed by atoms with Crippen LogP contribution in [0, 0.1) is 11.8 Å². The Labute approximate surface area is 132 Å². The molecule has 2 saturated heterocycles. The van der Waals surface area contributed by atoms with Crippen LogP contribution < -0.4 is 15.8 Å². The van der Waals surface area contributed by atoms with Gasteiger partial charge in [-0.15, -0.1) is 0 Å². The molecule has 3 heterocycles. The molecule has 0 spiro atoms. The maximum Gasteiger partial charge on any atom is 0.283 e. The summed E-state index contributed by atoms with van der Waals surface area (Å²) in [7, 11) is 0. The highest BCUT2D eigenvalue weighted by Crippen LogP contribution is 2.32. The van der Waals surface area contributed by atoms with Crippen LogP contribution in [0.5, 0.6) is 0 Å². The van der Waals surface area contributed by atoms with Gasteiger partial charge >= 0.3 is 0 Å². The summed E-state index contributed by atoms with van der Waals surface area (Å²) in [4.78, 5) is 14.7. The van der Waals surface area contributed by atoms with Gasteiger partial charge in [-0.1, -0.05) is 0 Å². The second-order valence-corrected chi connectivity index (χ2v) is 7.44. The molecule has 1 N–H and O–H groups in total. The molecule has 1 saturated carbocycles. The van der Waals surface area contributed by atoms with Crippen LogP contribution >= 0.6 is 15.9 Å². The molecule has 0 amide bonds. The van der Waals surface area contributed by atoms with E-state index in [0.29, 0.717) is 22.4 Å². The van der Waals surface area contributed by atoms with Gasteiger partial charge in [0.1, 0.15) is 4.47 Å². The van der Waals surface area contributed by atoms with Gasteiger partial charge in [0.2, 0.25) is 0 Å². The van der Waals surface area contributed by atoms with Crippen molar-refractivity contribution in [2.45, 2.75) is 38.3 Å². The van der Waals surface area contributed by atoms with E-state index in [1.807, 2.05) is 6.20 Å². The molecule has 6 heteroatoms. The molecule has 2 aliphatic heterocycles. The topological polar surface area (TPSA) is 50.2 Å². The smallest absolute Gasteiger partial charge is 0.283 e. The lowest BCUT2D eigenvalue weighted by atomic mass is 9.94. The number of aromatic nitrogens is 2. The first kappa shape index (κ1) is 13.8. The van der Waals surface area contributed by atoms with Crippen LogP contribution in [0.25, 0.3) is 0 Å². The molecule has 0 bridgehead atoms. The lowest BCUT2D eigenvalue weighted by Gasteiger charge is -2.24. The second-order valence-electron chi connectivity index (χ2n) is 6.64. The van der Waals surface area contributed by atoms with Gasteiger partial charge in [-0.3, -0.25) is 4.79 Å². The summed E-state index contributed by atoms with van der Waals surface area (Å²) >= 11 is 3.52. The van der Waals surface area contributed by atoms with Gasteiger partial charge in [0.15, 0.2) is 0 Å². The minimum atomic E-state index is 0.0160. The van der Waals surface area contributed by atoms with E-state index in [0.717, 1.165) is 31.9 Å². The summed E-state index contributed by atoms with van der Waals surface area (Å²) in [6.45, 7) is 3.91. The first-order valence-corrected chi connectivity index (χ1v) is 8.75. The quantitative estimate of drug-likeness (QED) is 0.897. The number of hydrogen-bond acceptors (Lipinski definition) is 4. The molecule has 1 aromatic heterocycles. The number of halogens is 1. The zero-order chi connectivity index (χ0) is 14.4. The molecule has 2 atom stereocenters. The fraction of sp³-hybridized carbons (Fsp3) is 0.733. The van der Waals surface area contributed by atoms with E-state index >= 15 is 0 Å². The maximum absolute atomic E-state index is 12.4. The zero-order valence-electron chi connectivity index (χ0n) is 12.1. The number of piperidine rings is 1. The van der Waals surface area contributed by atoms with E-state index in [1.54, 1.807) is 4.68 Å². The van der Waals surface area contributed by atoms with Crippen LogP contribution in [-0.4, -0.2) is 35.5 Å². The van der Waals surface area contributed by atoms with Crippen LogP contribution in [-0.2, 0) is 6.54 Å². The Kier molecular flexibility index (Phi) is 3.53. The Hall–Kier alpha value is -0.880. The van der Waals surface area contributed by atoms with Gasteiger partial charge in [-0.2, -0.15) is 5.10 Å². The molecule has 1 aliphatic carbocycles. The Balaban J connectivity index is 1.57. The van der Waals surface area contributed by atoms with Crippen molar-refractivity contribution in [2.24, 2.45) is 11.8 Å². The van der Waals surface area contributed by atoms with Crippen molar-refractivity contribution < 1.29 is 0 Å². The van der Waals surface area contributed by atoms with E-state index in [1.165, 1.54) is 25.7 Å². The number of nitrogens with one attached hydrogen (secondary N) is 1. The Bertz CT molecular complexity index is 584. The van der Waals surface area contributed by atoms with Gasteiger partial charge in [-0.05, 0) is 60.0 Å². The molecule has 2 unspecified atom stereocenters. The molecule has 21 heavy (non-hydrogen) atoms. The third-order valence-electron chi connectivity index (χ3n) is 5.03. The Morgan fingerprint density at radius 1 is 1.33 bits per heavy atom. The summed E-state index contributed by atoms with van der Waals surface area (Å²) in [6, 6.07) is 0.569. The van der Waals surface area contributed by atoms with E-state index in [4.69, 9.17) is 0 Å². The van der Waals surface area contributed by atoms with Gasteiger partial charge in [0, 0.05) is 25.7 Å². The Morgan fingerprint density at radius 2 is 2.19 bits per heavy atom. The zero-order valence-corrected chi connectivity index (χ0v) is 13.7. The first-order chi connectivity index (χ1) is 10.2. The largest absolute Gasteiger partial charge is 0.367 e. The van der Waals surface area contributed by atoms with E-state index < -0.39 is 0 Å². The third-order valence-corrected chi connectivity index (χ3v) is 5.78. The SMILES string of the molecule is O=c1c(Br)c(N2CC3CCCNC3C2)cnn1CC1CC1. The van der Waals surface area contributed by atoms with Crippen molar-refractivity contribution in [1.29, 1.82) is 0 Å². The number of anilines is 1. The van der Waals surface area contributed by atoms with Crippen molar-refractivity contribution in [1.82, 2.24) is 15.1 Å². The summed E-state index contributed by atoms with van der Waals surface area (Å²) in [5.41, 5.74) is 0.977. The van der Waals surface area contributed by atoms with Crippen LogP contribution in [0.1, 0.15) is 25.7 Å². The lowest BCUT2D eigenvalue weighted by Crippen LogP contribution is -2.40. The van der Waals surface area contributed by atoms with E-state index in [-0.39, 0.29) is 5.56 Å². The number of fused-ring (bicyclic) bond motifs is 1. The standard InChI is InChI=1S/C15H21BrN4O/c16-14-13(6-18-20(15(14)21)7-10-3-4-10)19-8-11-2-1-5-17-12(11)9-19/h6,10-12,17H,1-5,7-9H2. The molecular weight excluding hydrogens is 332 g/mol. The van der Waals surface area contributed by atoms with E-state index in [9.17, 15) is 4.79 Å². The van der Waals surface area contributed by atoms with Crippen LogP contribution in [0.15, 0.2) is 15.5 Å². The summed E-state index contributed by atoms with van der Waals surface area (Å²) in [6.07, 6.45) is 6.88. The number of hydrogen-bond donors (Lipinski definition) is 1. The van der Waals surface area contributed by atoms with Crippen LogP contribution in [0.4, 0.5) is 5.69 Å². The minimum Gasteiger partial charge on any atom is -0.367 e. The molecular formula is C15H21BrN4O. The number of rotatable bonds is 3. The van der Waals surface area contributed by atoms with Gasteiger partial charge < -0.3 is 10.2 Å². The third kappa shape index (κ3) is 2.63. The second kappa shape index (κ2) is 5.39.